The molecule has 0 atom stereocenters. The summed E-state index contributed by atoms with van der Waals surface area (Å²) in [7, 11) is 0. The number of anilines is 5. The lowest BCUT2D eigenvalue weighted by molar-refractivity contribution is -0.287. The molecule has 0 amide bonds. The highest BCUT2D eigenvalue weighted by Gasteiger charge is 2.44. The molecule has 51 heavy (non-hydrogen) atoms. The van der Waals surface area contributed by atoms with Crippen molar-refractivity contribution in [1.29, 1.82) is 0 Å². The third-order valence-electron chi connectivity index (χ3n) is 6.83. The third kappa shape index (κ3) is 11.2. The van der Waals surface area contributed by atoms with Crippen molar-refractivity contribution in [2.24, 2.45) is 0 Å². The molecule has 2 fully saturated rings. The van der Waals surface area contributed by atoms with Crippen LogP contribution in [0.25, 0.3) is 0 Å². The van der Waals surface area contributed by atoms with Gasteiger partial charge in [0.1, 0.15) is 11.6 Å². The van der Waals surface area contributed by atoms with Crippen LogP contribution >= 0.6 is 11.6 Å². The monoisotopic (exact) mass is 736 g/mol. The lowest BCUT2D eigenvalue weighted by Crippen LogP contribution is -2.25. The first-order chi connectivity index (χ1) is 24.0. The molecule has 0 spiro atoms. The molecule has 14 nitrogen and oxygen atoms in total. The molecule has 2 aromatic carbocycles. The van der Waals surface area contributed by atoms with Gasteiger partial charge >= 0.3 is 12.6 Å². The molecule has 19 heteroatoms. The maximum Gasteiger partial charge on any atom is 0.586 e. The second-order valence-electron chi connectivity index (χ2n) is 11.6. The topological polar surface area (TPSA) is 188 Å². The molecule has 272 valence electrons. The van der Waals surface area contributed by atoms with Crippen LogP contribution in [0.3, 0.4) is 0 Å². The molecule has 2 aromatic heterocycles. The minimum absolute atomic E-state index is 0.00136. The van der Waals surface area contributed by atoms with Crippen molar-refractivity contribution in [3.8, 4) is 23.0 Å². The van der Waals surface area contributed by atoms with Gasteiger partial charge in [-0.15, -0.1) is 17.6 Å². The highest BCUT2D eigenvalue weighted by atomic mass is 35.5. The Balaban J connectivity index is 0.000000152. The van der Waals surface area contributed by atoms with Gasteiger partial charge in [-0.3, -0.25) is 4.79 Å². The predicted octanol–water partition coefficient (Wildman–Crippen LogP) is 7.12. The number of fused-ring (bicyclic) bond motifs is 2. The number of halogens is 5. The number of ether oxygens (including phenoxy) is 4. The number of aliphatic carboxylic acids is 1. The number of rotatable bonds is 6. The number of carboxylic acid groups (broad SMARTS) is 1. The van der Waals surface area contributed by atoms with Crippen molar-refractivity contribution in [3.63, 3.8) is 0 Å². The van der Waals surface area contributed by atoms with Gasteiger partial charge in [0.15, 0.2) is 23.0 Å². The van der Waals surface area contributed by atoms with Crippen LogP contribution in [-0.2, 0) is 4.79 Å². The van der Waals surface area contributed by atoms with Gasteiger partial charge in [-0.2, -0.15) is 4.98 Å². The number of hydrogen-bond donors (Lipinski definition) is 5. The van der Waals surface area contributed by atoms with Gasteiger partial charge in [-0.25, -0.2) is 15.0 Å². The van der Waals surface area contributed by atoms with Crippen molar-refractivity contribution < 1.29 is 46.4 Å². The third-order valence-corrected chi connectivity index (χ3v) is 7.02. The van der Waals surface area contributed by atoms with Gasteiger partial charge in [-0.1, -0.05) is 0 Å². The Morgan fingerprint density at radius 3 is 1.82 bits per heavy atom. The Bertz CT molecular complexity index is 1860. The lowest BCUT2D eigenvalue weighted by atomic mass is 10.3. The number of alkyl halides is 4. The van der Waals surface area contributed by atoms with Crippen LogP contribution in [0.15, 0.2) is 48.8 Å². The molecule has 4 aliphatic rings. The van der Waals surface area contributed by atoms with E-state index in [1.165, 1.54) is 43.2 Å². The molecular formula is C32H33ClF4N8O6. The van der Waals surface area contributed by atoms with Crippen molar-refractivity contribution in [1.82, 2.24) is 19.9 Å². The van der Waals surface area contributed by atoms with E-state index in [0.717, 1.165) is 42.5 Å². The van der Waals surface area contributed by atoms with Crippen LogP contribution in [0.2, 0.25) is 5.28 Å². The Kier molecular flexibility index (Phi) is 10.9. The standard InChI is InChI=1S/C15H14F2N4O2.C8H10ClN3.C7H5F2NO2.C2H4O2/c1-8-7-18-14(21-13(8)19-9-2-3-9)20-10-4-5-11-12(6-10)23-15(16,17)22-11;1-5-4-10-8(9)12-7(5)11-6-2-3-6;8-7(9)11-5-2-1-4(10)3-6(5)12-7;1-2(3)4/h4-7,9H,2-3H2,1H3,(H2,18,19,20,21);4,6H,2-3H2,1H3,(H,10,11,12);1-3H,10H2;1H3,(H,3,4). The van der Waals surface area contributed by atoms with E-state index in [-0.39, 0.29) is 23.0 Å². The van der Waals surface area contributed by atoms with E-state index in [2.05, 4.69) is 54.8 Å². The van der Waals surface area contributed by atoms with Crippen molar-refractivity contribution in [2.45, 2.75) is 71.1 Å². The molecule has 0 radical (unpaired) electrons. The summed E-state index contributed by atoms with van der Waals surface area (Å²) in [6, 6.07) is 9.61. The second-order valence-corrected chi connectivity index (χ2v) is 11.9. The number of benzene rings is 2. The van der Waals surface area contributed by atoms with Gasteiger partial charge in [0.2, 0.25) is 11.2 Å². The van der Waals surface area contributed by atoms with E-state index in [1.807, 2.05) is 13.8 Å². The van der Waals surface area contributed by atoms with E-state index in [4.69, 9.17) is 27.2 Å². The molecular weight excluding hydrogens is 704 g/mol. The summed E-state index contributed by atoms with van der Waals surface area (Å²) in [6.45, 7) is 4.98. The first-order valence-electron chi connectivity index (χ1n) is 15.4. The van der Waals surface area contributed by atoms with Gasteiger partial charge in [-0.05, 0) is 75.4 Å². The number of aryl methyl sites for hydroxylation is 2. The van der Waals surface area contributed by atoms with Gasteiger partial charge in [0.25, 0.3) is 5.97 Å². The van der Waals surface area contributed by atoms with Crippen LogP contribution in [-0.4, -0.2) is 55.7 Å². The van der Waals surface area contributed by atoms with Crippen LogP contribution < -0.4 is 40.6 Å². The smallest absolute Gasteiger partial charge is 0.481 e. The number of nitrogens with zero attached hydrogens (tertiary/aromatic N) is 4. The molecule has 2 aliphatic carbocycles. The first-order valence-corrected chi connectivity index (χ1v) is 15.8. The maximum absolute atomic E-state index is 13.0. The average Bonchev–Trinajstić information content (AvgIpc) is 3.96. The molecule has 0 saturated heterocycles. The maximum atomic E-state index is 13.0. The number of carbonyl (C=O) groups is 1. The van der Waals surface area contributed by atoms with E-state index in [9.17, 15) is 17.6 Å². The zero-order valence-electron chi connectivity index (χ0n) is 27.3. The summed E-state index contributed by atoms with van der Waals surface area (Å²) >= 11 is 5.66. The Labute approximate surface area is 293 Å². The Morgan fingerprint density at radius 2 is 1.27 bits per heavy atom. The quantitative estimate of drug-likeness (QED) is 0.0765. The molecule has 2 aliphatic heterocycles. The summed E-state index contributed by atoms with van der Waals surface area (Å²) in [4.78, 5) is 25.6. The molecule has 4 aromatic rings. The fraction of sp³-hybridized carbons (Fsp3) is 0.344. The summed E-state index contributed by atoms with van der Waals surface area (Å²) in [6.07, 6.45) is 1.02. The van der Waals surface area contributed by atoms with Crippen LogP contribution in [0.1, 0.15) is 43.7 Å². The number of carboxylic acids is 1. The predicted molar refractivity (Wildman–Crippen MR) is 178 cm³/mol. The summed E-state index contributed by atoms with van der Waals surface area (Å²) in [5.41, 5.74) is 8.23. The van der Waals surface area contributed by atoms with Crippen LogP contribution in [0.4, 0.5) is 46.5 Å². The molecule has 0 bridgehead atoms. The largest absolute Gasteiger partial charge is 0.586 e. The molecule has 0 unspecified atom stereocenters. The van der Waals surface area contributed by atoms with Gasteiger partial charge in [0, 0.05) is 66.0 Å². The van der Waals surface area contributed by atoms with Crippen molar-refractivity contribution in [2.75, 3.05) is 21.7 Å². The van der Waals surface area contributed by atoms with Crippen LogP contribution in [0, 0.1) is 13.8 Å². The number of nitrogens with one attached hydrogen (secondary N) is 3. The van der Waals surface area contributed by atoms with E-state index < -0.39 is 18.6 Å². The fourth-order valence-corrected chi connectivity index (χ4v) is 4.31. The van der Waals surface area contributed by atoms with E-state index >= 15 is 0 Å². The minimum Gasteiger partial charge on any atom is -0.481 e. The van der Waals surface area contributed by atoms with Gasteiger partial charge in [0.05, 0.1) is 0 Å². The molecule has 8 rings (SSSR count). The Hall–Kier alpha value is -5.52. The Morgan fingerprint density at radius 1 is 0.804 bits per heavy atom. The highest BCUT2D eigenvalue weighted by molar-refractivity contribution is 6.28. The normalized spacial score (nSPS) is 16.5. The van der Waals surface area contributed by atoms with E-state index in [1.54, 1.807) is 18.5 Å². The second kappa shape index (κ2) is 15.2. The number of nitrogen functional groups attached to an aromatic ring is 1. The van der Waals surface area contributed by atoms with Crippen LogP contribution in [0.5, 0.6) is 23.0 Å². The zero-order chi connectivity index (χ0) is 36.9. The molecule has 4 heterocycles. The number of nitrogens with two attached hydrogens (primary N) is 1. The zero-order valence-corrected chi connectivity index (χ0v) is 28.1. The summed E-state index contributed by atoms with van der Waals surface area (Å²) in [5.74, 6) is 1.15. The highest BCUT2D eigenvalue weighted by Crippen LogP contribution is 2.43. The molecule has 2 saturated carbocycles. The van der Waals surface area contributed by atoms with E-state index in [0.29, 0.717) is 34.7 Å². The molecule has 6 N–H and O–H groups in total. The van der Waals surface area contributed by atoms with Gasteiger partial charge < -0.3 is 45.7 Å². The van der Waals surface area contributed by atoms with Crippen molar-refractivity contribution >= 4 is 46.5 Å². The first kappa shape index (κ1) is 36.8. The fourth-order valence-electron chi connectivity index (χ4n) is 4.18. The summed E-state index contributed by atoms with van der Waals surface area (Å²) < 4.78 is 67.9. The average molecular weight is 737 g/mol. The van der Waals surface area contributed by atoms with Crippen molar-refractivity contribution in [3.05, 3.63) is 65.2 Å². The number of hydrogen-bond acceptors (Lipinski definition) is 13. The SMILES string of the molecule is CC(=O)O.Cc1cnc(Cl)nc1NC1CC1.Cc1cnc(Nc2ccc3c(c2)OC(F)(F)O3)nc1NC1CC1.Nc1ccc2c(c1)OC(F)(F)O2. The number of aromatic nitrogens is 4. The lowest BCUT2D eigenvalue weighted by Gasteiger charge is -2.10. The summed E-state index contributed by atoms with van der Waals surface area (Å²) in [5, 5.41) is 17.3. The minimum atomic E-state index is -3.62.